The van der Waals surface area contributed by atoms with Crippen molar-refractivity contribution in [1.29, 1.82) is 0 Å². The van der Waals surface area contributed by atoms with Crippen LogP contribution in [0.5, 0.6) is 6.01 Å². The summed E-state index contributed by atoms with van der Waals surface area (Å²) in [6, 6.07) is 0.700. The number of aromatic nitrogens is 3. The Morgan fingerprint density at radius 2 is 2.11 bits per heavy atom. The van der Waals surface area contributed by atoms with Gasteiger partial charge in [-0.05, 0) is 25.2 Å². The van der Waals surface area contributed by atoms with E-state index < -0.39 is 0 Å². The summed E-state index contributed by atoms with van der Waals surface area (Å²) in [4.78, 5) is 12.3. The Kier molecular flexibility index (Phi) is 4.76. The molecule has 1 aliphatic rings. The first kappa shape index (κ1) is 13.8. The Morgan fingerprint density at radius 3 is 2.74 bits per heavy atom. The maximum Gasteiger partial charge on any atom is 0.323 e. The second-order valence-corrected chi connectivity index (χ2v) is 5.08. The third kappa shape index (κ3) is 4.54. The predicted molar refractivity (Wildman–Crippen MR) is 75.1 cm³/mol. The minimum absolute atomic E-state index is 0.199. The number of anilines is 2. The Labute approximate surface area is 114 Å². The number of nitrogens with one attached hydrogen (secondary N) is 1. The first-order chi connectivity index (χ1) is 9.21. The zero-order valence-corrected chi connectivity index (χ0v) is 11.7. The van der Waals surface area contributed by atoms with Crippen molar-refractivity contribution >= 4 is 11.9 Å². The molecule has 0 aliphatic heterocycles. The van der Waals surface area contributed by atoms with Gasteiger partial charge in [0.05, 0.1) is 6.61 Å². The SMILES string of the molecule is CCCOc1nc(N)nc(NC(CC)CC2CC2)n1. The van der Waals surface area contributed by atoms with E-state index in [4.69, 9.17) is 10.5 Å². The van der Waals surface area contributed by atoms with Crippen LogP contribution in [0.4, 0.5) is 11.9 Å². The molecule has 0 bridgehead atoms. The minimum Gasteiger partial charge on any atom is -0.463 e. The van der Waals surface area contributed by atoms with Gasteiger partial charge in [0.25, 0.3) is 0 Å². The van der Waals surface area contributed by atoms with E-state index in [0.717, 1.165) is 18.8 Å². The zero-order valence-electron chi connectivity index (χ0n) is 11.7. The van der Waals surface area contributed by atoms with Gasteiger partial charge in [0, 0.05) is 6.04 Å². The number of ether oxygens (including phenoxy) is 1. The second-order valence-electron chi connectivity index (χ2n) is 5.08. The van der Waals surface area contributed by atoms with E-state index in [-0.39, 0.29) is 5.95 Å². The second kappa shape index (κ2) is 6.54. The first-order valence-corrected chi connectivity index (χ1v) is 7.12. The average Bonchev–Trinajstić information content (AvgIpc) is 3.19. The predicted octanol–water partition coefficient (Wildman–Crippen LogP) is 2.23. The molecule has 19 heavy (non-hydrogen) atoms. The number of rotatable bonds is 8. The third-order valence-electron chi connectivity index (χ3n) is 3.21. The van der Waals surface area contributed by atoms with E-state index in [1.165, 1.54) is 19.3 Å². The molecule has 1 atom stereocenters. The van der Waals surface area contributed by atoms with E-state index in [2.05, 4.69) is 27.2 Å². The molecule has 1 unspecified atom stereocenters. The largest absolute Gasteiger partial charge is 0.463 e. The van der Waals surface area contributed by atoms with Gasteiger partial charge in [0.1, 0.15) is 0 Å². The smallest absolute Gasteiger partial charge is 0.323 e. The van der Waals surface area contributed by atoms with Gasteiger partial charge in [-0.3, -0.25) is 0 Å². The third-order valence-corrected chi connectivity index (χ3v) is 3.21. The lowest BCUT2D eigenvalue weighted by Crippen LogP contribution is -2.21. The molecule has 2 rings (SSSR count). The van der Waals surface area contributed by atoms with Gasteiger partial charge >= 0.3 is 6.01 Å². The summed E-state index contributed by atoms with van der Waals surface area (Å²) >= 11 is 0. The zero-order chi connectivity index (χ0) is 13.7. The molecule has 1 aromatic rings. The summed E-state index contributed by atoms with van der Waals surface area (Å²) in [6.07, 6.45) is 5.83. The maximum absolute atomic E-state index is 5.68. The normalized spacial score (nSPS) is 16.1. The lowest BCUT2D eigenvalue weighted by Gasteiger charge is -2.16. The van der Waals surface area contributed by atoms with Crippen LogP contribution >= 0.6 is 0 Å². The van der Waals surface area contributed by atoms with Crippen LogP contribution in [-0.2, 0) is 0 Å². The van der Waals surface area contributed by atoms with Gasteiger partial charge in [-0.15, -0.1) is 0 Å². The van der Waals surface area contributed by atoms with Crippen molar-refractivity contribution in [3.05, 3.63) is 0 Å². The topological polar surface area (TPSA) is 86.0 Å². The summed E-state index contributed by atoms with van der Waals surface area (Å²) in [5.74, 6) is 1.59. The molecule has 0 radical (unpaired) electrons. The lowest BCUT2D eigenvalue weighted by molar-refractivity contribution is 0.292. The Morgan fingerprint density at radius 1 is 1.32 bits per heavy atom. The molecule has 106 valence electrons. The summed E-state index contributed by atoms with van der Waals surface area (Å²) in [6.45, 7) is 4.79. The molecule has 0 amide bonds. The van der Waals surface area contributed by atoms with Crippen molar-refractivity contribution in [1.82, 2.24) is 15.0 Å². The molecule has 6 heteroatoms. The van der Waals surface area contributed by atoms with Crippen molar-refractivity contribution in [2.75, 3.05) is 17.7 Å². The van der Waals surface area contributed by atoms with Crippen LogP contribution in [0.25, 0.3) is 0 Å². The number of nitrogen functional groups attached to an aromatic ring is 1. The standard InChI is InChI=1S/C13H23N5O/c1-3-7-19-13-17-11(14)16-12(18-13)15-10(4-2)8-9-5-6-9/h9-10H,3-8H2,1-2H3,(H3,14,15,16,17,18). The highest BCUT2D eigenvalue weighted by Crippen LogP contribution is 2.34. The molecule has 1 heterocycles. The van der Waals surface area contributed by atoms with E-state index in [0.29, 0.717) is 24.6 Å². The van der Waals surface area contributed by atoms with E-state index in [9.17, 15) is 0 Å². The summed E-state index contributed by atoms with van der Waals surface area (Å²) in [7, 11) is 0. The molecule has 1 aliphatic carbocycles. The van der Waals surface area contributed by atoms with Crippen molar-refractivity contribution < 1.29 is 4.74 Å². The van der Waals surface area contributed by atoms with Crippen molar-refractivity contribution in [2.24, 2.45) is 5.92 Å². The molecule has 0 saturated heterocycles. The maximum atomic E-state index is 5.68. The monoisotopic (exact) mass is 265 g/mol. The number of nitrogens with two attached hydrogens (primary N) is 1. The van der Waals surface area contributed by atoms with Crippen LogP contribution in [0, 0.1) is 5.92 Å². The summed E-state index contributed by atoms with van der Waals surface area (Å²) < 4.78 is 5.40. The van der Waals surface area contributed by atoms with Gasteiger partial charge in [-0.2, -0.15) is 15.0 Å². The fraction of sp³-hybridized carbons (Fsp3) is 0.769. The molecular formula is C13H23N5O. The van der Waals surface area contributed by atoms with Crippen LogP contribution < -0.4 is 15.8 Å². The molecule has 1 saturated carbocycles. The fourth-order valence-electron chi connectivity index (χ4n) is 1.96. The lowest BCUT2D eigenvalue weighted by atomic mass is 10.1. The highest BCUT2D eigenvalue weighted by Gasteiger charge is 2.25. The number of hydrogen-bond donors (Lipinski definition) is 2. The highest BCUT2D eigenvalue weighted by molar-refractivity contribution is 5.33. The molecule has 1 fully saturated rings. The van der Waals surface area contributed by atoms with Gasteiger partial charge in [-0.25, -0.2) is 0 Å². The van der Waals surface area contributed by atoms with Crippen molar-refractivity contribution in [3.63, 3.8) is 0 Å². The van der Waals surface area contributed by atoms with Crippen LogP contribution in [0.15, 0.2) is 0 Å². The van der Waals surface area contributed by atoms with E-state index >= 15 is 0 Å². The minimum atomic E-state index is 0.199. The molecule has 6 nitrogen and oxygen atoms in total. The number of hydrogen-bond acceptors (Lipinski definition) is 6. The Balaban J connectivity index is 1.98. The Bertz CT molecular complexity index is 408. The van der Waals surface area contributed by atoms with Gasteiger partial charge < -0.3 is 15.8 Å². The molecular weight excluding hydrogens is 242 g/mol. The molecule has 0 aromatic carbocycles. The molecule has 1 aromatic heterocycles. The fourth-order valence-corrected chi connectivity index (χ4v) is 1.96. The van der Waals surface area contributed by atoms with Crippen LogP contribution in [0.2, 0.25) is 0 Å². The van der Waals surface area contributed by atoms with Gasteiger partial charge in [0.15, 0.2) is 0 Å². The van der Waals surface area contributed by atoms with Crippen LogP contribution in [0.1, 0.15) is 46.0 Å². The van der Waals surface area contributed by atoms with Crippen LogP contribution in [0.3, 0.4) is 0 Å². The molecule has 0 spiro atoms. The summed E-state index contributed by atoms with van der Waals surface area (Å²) in [5.41, 5.74) is 5.68. The van der Waals surface area contributed by atoms with Crippen LogP contribution in [-0.4, -0.2) is 27.6 Å². The highest BCUT2D eigenvalue weighted by atomic mass is 16.5. The quantitative estimate of drug-likeness (QED) is 0.749. The average molecular weight is 265 g/mol. The van der Waals surface area contributed by atoms with Gasteiger partial charge in [-0.1, -0.05) is 26.7 Å². The van der Waals surface area contributed by atoms with Crippen molar-refractivity contribution in [2.45, 2.75) is 52.0 Å². The van der Waals surface area contributed by atoms with Gasteiger partial charge in [0.2, 0.25) is 11.9 Å². The number of nitrogens with zero attached hydrogens (tertiary/aromatic N) is 3. The molecule has 3 N–H and O–H groups in total. The summed E-state index contributed by atoms with van der Waals surface area (Å²) in [5, 5.41) is 3.34. The van der Waals surface area contributed by atoms with E-state index in [1.807, 2.05) is 6.92 Å². The van der Waals surface area contributed by atoms with E-state index in [1.54, 1.807) is 0 Å². The first-order valence-electron chi connectivity index (χ1n) is 7.12. The Hall–Kier alpha value is -1.59. The van der Waals surface area contributed by atoms with Crippen molar-refractivity contribution in [3.8, 4) is 6.01 Å².